The normalized spacial score (nSPS) is 12.7. The van der Waals surface area contributed by atoms with E-state index in [0.29, 0.717) is 17.3 Å². The lowest BCUT2D eigenvalue weighted by atomic mass is 9.84. The summed E-state index contributed by atoms with van der Waals surface area (Å²) >= 11 is 15.2. The Morgan fingerprint density at radius 3 is 2.10 bits per heavy atom. The highest BCUT2D eigenvalue weighted by Gasteiger charge is 2.29. The van der Waals surface area contributed by atoms with E-state index in [-0.39, 0.29) is 28.1 Å². The Labute approximate surface area is 144 Å². The van der Waals surface area contributed by atoms with Gasteiger partial charge in [0.2, 0.25) is 10.0 Å². The maximum absolute atomic E-state index is 12.4. The van der Waals surface area contributed by atoms with Crippen LogP contribution in [-0.4, -0.2) is 26.7 Å². The molecule has 0 fully saturated rings. The van der Waals surface area contributed by atoms with Gasteiger partial charge in [-0.15, -0.1) is 0 Å². The van der Waals surface area contributed by atoms with Crippen molar-refractivity contribution in [2.24, 2.45) is 5.41 Å². The molecule has 120 valence electrons. The number of sulfonamides is 1. The van der Waals surface area contributed by atoms with Crippen molar-refractivity contribution in [2.75, 3.05) is 13.2 Å². The summed E-state index contributed by atoms with van der Waals surface area (Å²) in [5.41, 5.74) is -0.485. The van der Waals surface area contributed by atoms with Crippen LogP contribution in [0.4, 0.5) is 0 Å². The Bertz CT molecular complexity index is 572. The maximum Gasteiger partial charge on any atom is 0.243 e. The number of rotatable bonds is 7. The molecule has 2 N–H and O–H groups in total. The summed E-state index contributed by atoms with van der Waals surface area (Å²) in [6.45, 7) is 3.85. The first kappa shape index (κ1) is 19.2. The Morgan fingerprint density at radius 1 is 1.24 bits per heavy atom. The second-order valence-corrected chi connectivity index (χ2v) is 8.32. The predicted molar refractivity (Wildman–Crippen MR) is 89.5 cm³/mol. The quantitative estimate of drug-likeness (QED) is 0.706. The lowest BCUT2D eigenvalue weighted by Gasteiger charge is -2.29. The van der Waals surface area contributed by atoms with E-state index in [1.54, 1.807) is 0 Å². The zero-order valence-electron chi connectivity index (χ0n) is 11.8. The summed E-state index contributed by atoms with van der Waals surface area (Å²) in [5, 5.41) is 9.59. The molecular weight excluding hydrogens is 401 g/mol. The van der Waals surface area contributed by atoms with E-state index in [2.05, 4.69) is 20.7 Å². The van der Waals surface area contributed by atoms with Crippen LogP contribution in [0.15, 0.2) is 21.5 Å². The molecule has 0 saturated carbocycles. The van der Waals surface area contributed by atoms with Gasteiger partial charge in [0.1, 0.15) is 4.90 Å². The van der Waals surface area contributed by atoms with Gasteiger partial charge in [0.25, 0.3) is 0 Å². The molecule has 4 nitrogen and oxygen atoms in total. The van der Waals surface area contributed by atoms with Crippen LogP contribution in [0, 0.1) is 5.41 Å². The van der Waals surface area contributed by atoms with Gasteiger partial charge in [-0.1, -0.05) is 53.0 Å². The molecule has 0 bridgehead atoms. The lowest BCUT2D eigenvalue weighted by Crippen LogP contribution is -2.39. The molecule has 1 aromatic rings. The van der Waals surface area contributed by atoms with Gasteiger partial charge in [0.05, 0.1) is 10.0 Å². The Morgan fingerprint density at radius 2 is 1.71 bits per heavy atom. The topological polar surface area (TPSA) is 66.4 Å². The fourth-order valence-electron chi connectivity index (χ4n) is 1.89. The molecule has 1 aromatic carbocycles. The summed E-state index contributed by atoms with van der Waals surface area (Å²) < 4.78 is 27.9. The number of aliphatic hydroxyl groups excluding tert-OH is 1. The van der Waals surface area contributed by atoms with Crippen molar-refractivity contribution < 1.29 is 13.5 Å². The summed E-state index contributed by atoms with van der Waals surface area (Å²) in [6.07, 6.45) is 1.31. The van der Waals surface area contributed by atoms with Gasteiger partial charge in [0.15, 0.2) is 0 Å². The van der Waals surface area contributed by atoms with Gasteiger partial charge < -0.3 is 5.11 Å². The van der Waals surface area contributed by atoms with E-state index in [0.717, 1.165) is 0 Å². The van der Waals surface area contributed by atoms with Crippen LogP contribution < -0.4 is 4.72 Å². The van der Waals surface area contributed by atoms with E-state index < -0.39 is 15.4 Å². The molecule has 8 heteroatoms. The zero-order valence-corrected chi connectivity index (χ0v) is 15.7. The van der Waals surface area contributed by atoms with Crippen LogP contribution >= 0.6 is 39.1 Å². The third-order valence-corrected chi connectivity index (χ3v) is 6.48. The first-order chi connectivity index (χ1) is 9.71. The first-order valence-corrected chi connectivity index (χ1v) is 9.49. The molecule has 0 saturated heterocycles. The maximum atomic E-state index is 12.4. The molecular formula is C13H18BrCl2NO3S. The minimum atomic E-state index is -3.85. The Balaban J connectivity index is 3.09. The standard InChI is InChI=1S/C13H18BrCl2NO3S/c1-3-13(4-2,8-18)7-17-21(19,20)12-10(15)5-9(14)6-11(12)16/h5-6,17-18H,3-4,7-8H2,1-2H3. The van der Waals surface area contributed by atoms with Crippen LogP contribution in [0.3, 0.4) is 0 Å². The van der Waals surface area contributed by atoms with E-state index in [4.69, 9.17) is 23.2 Å². The van der Waals surface area contributed by atoms with E-state index in [9.17, 15) is 13.5 Å². The molecule has 0 amide bonds. The van der Waals surface area contributed by atoms with E-state index >= 15 is 0 Å². The van der Waals surface area contributed by atoms with Crippen molar-refractivity contribution in [3.05, 3.63) is 26.7 Å². The molecule has 0 spiro atoms. The summed E-state index contributed by atoms with van der Waals surface area (Å²) in [7, 11) is -3.85. The third kappa shape index (κ3) is 4.56. The zero-order chi connectivity index (χ0) is 16.3. The molecule has 0 aliphatic rings. The molecule has 0 radical (unpaired) electrons. The highest BCUT2D eigenvalue weighted by Crippen LogP contribution is 2.33. The number of halogens is 3. The second kappa shape index (κ2) is 7.62. The van der Waals surface area contributed by atoms with Gasteiger partial charge in [0, 0.05) is 23.0 Å². The average molecular weight is 419 g/mol. The fourth-order valence-corrected chi connectivity index (χ4v) is 4.98. The molecule has 21 heavy (non-hydrogen) atoms. The SMILES string of the molecule is CCC(CC)(CO)CNS(=O)(=O)c1c(Cl)cc(Br)cc1Cl. The van der Waals surface area contributed by atoms with Gasteiger partial charge in [-0.25, -0.2) is 13.1 Å². The molecule has 0 aliphatic carbocycles. The van der Waals surface area contributed by atoms with E-state index in [1.165, 1.54) is 12.1 Å². The molecule has 0 aliphatic heterocycles. The average Bonchev–Trinajstić information content (AvgIpc) is 2.39. The largest absolute Gasteiger partial charge is 0.396 e. The third-order valence-electron chi connectivity index (χ3n) is 3.70. The van der Waals surface area contributed by atoms with Gasteiger partial charge in [-0.05, 0) is 25.0 Å². The lowest BCUT2D eigenvalue weighted by molar-refractivity contribution is 0.119. The fraction of sp³-hybridized carbons (Fsp3) is 0.538. The molecule has 0 aromatic heterocycles. The van der Waals surface area contributed by atoms with Gasteiger partial charge >= 0.3 is 0 Å². The number of nitrogens with one attached hydrogen (secondary N) is 1. The highest BCUT2D eigenvalue weighted by atomic mass is 79.9. The van der Waals surface area contributed by atoms with Gasteiger partial charge in [-0.3, -0.25) is 0 Å². The predicted octanol–water partition coefficient (Wildman–Crippen LogP) is 3.83. The van der Waals surface area contributed by atoms with Crippen molar-refractivity contribution in [1.29, 1.82) is 0 Å². The monoisotopic (exact) mass is 417 g/mol. The van der Waals surface area contributed by atoms with Crippen LogP contribution in [0.5, 0.6) is 0 Å². The van der Waals surface area contributed by atoms with Crippen LogP contribution in [0.25, 0.3) is 0 Å². The first-order valence-electron chi connectivity index (χ1n) is 6.46. The number of hydrogen-bond acceptors (Lipinski definition) is 3. The Kier molecular flexibility index (Phi) is 6.96. The highest BCUT2D eigenvalue weighted by molar-refractivity contribution is 9.10. The summed E-state index contributed by atoms with van der Waals surface area (Å²) in [4.78, 5) is -0.145. The van der Waals surface area contributed by atoms with E-state index in [1.807, 2.05) is 13.8 Å². The van der Waals surface area contributed by atoms with Gasteiger partial charge in [-0.2, -0.15) is 0 Å². The minimum absolute atomic E-state index is 0.0458. The second-order valence-electron chi connectivity index (χ2n) is 4.89. The van der Waals surface area contributed by atoms with Crippen molar-refractivity contribution in [3.8, 4) is 0 Å². The van der Waals surface area contributed by atoms with Crippen molar-refractivity contribution >= 4 is 49.2 Å². The van der Waals surface area contributed by atoms with Crippen LogP contribution in [-0.2, 0) is 10.0 Å². The minimum Gasteiger partial charge on any atom is -0.396 e. The smallest absolute Gasteiger partial charge is 0.243 e. The summed E-state index contributed by atoms with van der Waals surface area (Å²) in [5.74, 6) is 0. The number of aliphatic hydroxyl groups is 1. The van der Waals surface area contributed by atoms with Crippen LogP contribution in [0.1, 0.15) is 26.7 Å². The van der Waals surface area contributed by atoms with Crippen molar-refractivity contribution in [1.82, 2.24) is 4.72 Å². The molecule has 0 unspecified atom stereocenters. The number of hydrogen-bond donors (Lipinski definition) is 2. The van der Waals surface area contributed by atoms with Crippen LogP contribution in [0.2, 0.25) is 10.0 Å². The van der Waals surface area contributed by atoms with Crippen molar-refractivity contribution in [3.63, 3.8) is 0 Å². The molecule has 0 heterocycles. The molecule has 0 atom stereocenters. The molecule has 1 rings (SSSR count). The Hall–Kier alpha value is 0.150. The number of benzene rings is 1. The summed E-state index contributed by atoms with van der Waals surface area (Å²) in [6, 6.07) is 2.95. The van der Waals surface area contributed by atoms with Crippen molar-refractivity contribution in [2.45, 2.75) is 31.6 Å².